The second-order valence-corrected chi connectivity index (χ2v) is 5.74. The Morgan fingerprint density at radius 2 is 2.20 bits per heavy atom. The maximum absolute atomic E-state index is 11.8. The molecule has 0 atom stereocenters. The Hall–Kier alpha value is -1.86. The summed E-state index contributed by atoms with van der Waals surface area (Å²) in [4.78, 5) is 11.7. The third-order valence-corrected chi connectivity index (χ3v) is 3.74. The lowest BCUT2D eigenvalue weighted by Gasteiger charge is -2.10. The molecule has 1 aliphatic heterocycles. The molecule has 0 saturated heterocycles. The van der Waals surface area contributed by atoms with Crippen LogP contribution >= 0.6 is 0 Å². The van der Waals surface area contributed by atoms with Gasteiger partial charge in [0.1, 0.15) is 10.6 Å². The number of hydrogen-bond donors (Lipinski definition) is 1. The fraction of sp³-hybridized carbons (Fsp3) is 0.308. The molecule has 0 saturated carbocycles. The molecule has 1 heterocycles. The lowest BCUT2D eigenvalue weighted by molar-refractivity contribution is -0.138. The van der Waals surface area contributed by atoms with Crippen molar-refractivity contribution < 1.29 is 22.7 Å². The van der Waals surface area contributed by atoms with Gasteiger partial charge >= 0.3 is 5.97 Å². The highest BCUT2D eigenvalue weighted by atomic mass is 32.2. The zero-order valence-electron chi connectivity index (χ0n) is 11.0. The van der Waals surface area contributed by atoms with Gasteiger partial charge in [-0.25, -0.2) is 18.4 Å². The Morgan fingerprint density at radius 1 is 1.45 bits per heavy atom. The molecule has 1 aliphatic rings. The highest BCUT2D eigenvalue weighted by Gasteiger charge is 2.22. The van der Waals surface area contributed by atoms with E-state index in [0.29, 0.717) is 17.6 Å². The lowest BCUT2D eigenvalue weighted by atomic mass is 10.1. The van der Waals surface area contributed by atoms with Crippen molar-refractivity contribution in [2.75, 3.05) is 13.2 Å². The second kappa shape index (κ2) is 5.64. The summed E-state index contributed by atoms with van der Waals surface area (Å²) in [5, 5.41) is 5.15. The summed E-state index contributed by atoms with van der Waals surface area (Å²) in [7, 11) is -3.88. The first-order valence-corrected chi connectivity index (χ1v) is 7.64. The van der Waals surface area contributed by atoms with Crippen LogP contribution in [0.4, 0.5) is 0 Å². The minimum Gasteiger partial charge on any atom is -0.491 e. The number of hydrogen-bond acceptors (Lipinski definition) is 5. The van der Waals surface area contributed by atoms with Crippen molar-refractivity contribution in [1.82, 2.24) is 0 Å². The van der Waals surface area contributed by atoms with E-state index in [-0.39, 0.29) is 23.9 Å². The van der Waals surface area contributed by atoms with Crippen LogP contribution in [0.3, 0.4) is 0 Å². The van der Waals surface area contributed by atoms with Crippen molar-refractivity contribution in [2.24, 2.45) is 5.14 Å². The van der Waals surface area contributed by atoms with Gasteiger partial charge in [-0.2, -0.15) is 0 Å². The molecule has 1 aromatic rings. The maximum atomic E-state index is 11.8. The van der Waals surface area contributed by atoms with Crippen molar-refractivity contribution in [2.45, 2.75) is 18.2 Å². The number of carbonyl (C=O) groups excluding carboxylic acids is 1. The molecule has 0 amide bonds. The Balaban J connectivity index is 2.50. The van der Waals surface area contributed by atoms with Gasteiger partial charge in [-0.3, -0.25) is 0 Å². The number of esters is 1. The molecular weight excluding hydrogens is 282 g/mol. The first-order valence-electron chi connectivity index (χ1n) is 6.09. The van der Waals surface area contributed by atoms with E-state index >= 15 is 0 Å². The summed E-state index contributed by atoms with van der Waals surface area (Å²) in [5.74, 6) is -0.251. The van der Waals surface area contributed by atoms with Crippen molar-refractivity contribution in [3.8, 4) is 5.75 Å². The summed E-state index contributed by atoms with van der Waals surface area (Å²) in [6.45, 7) is 2.18. The monoisotopic (exact) mass is 297 g/mol. The number of sulfonamides is 1. The van der Waals surface area contributed by atoms with Crippen LogP contribution in [0.1, 0.15) is 18.9 Å². The number of primary sulfonamides is 1. The summed E-state index contributed by atoms with van der Waals surface area (Å²) in [6.07, 6.45) is 1.92. The molecule has 20 heavy (non-hydrogen) atoms. The second-order valence-electron chi connectivity index (χ2n) is 4.21. The van der Waals surface area contributed by atoms with E-state index in [1.54, 1.807) is 25.1 Å². The van der Waals surface area contributed by atoms with Crippen molar-refractivity contribution in [1.29, 1.82) is 0 Å². The first-order chi connectivity index (χ1) is 9.43. The van der Waals surface area contributed by atoms with E-state index < -0.39 is 16.0 Å². The van der Waals surface area contributed by atoms with Gasteiger partial charge < -0.3 is 9.47 Å². The molecule has 2 N–H and O–H groups in total. The van der Waals surface area contributed by atoms with Crippen LogP contribution in [0.15, 0.2) is 28.7 Å². The van der Waals surface area contributed by atoms with Gasteiger partial charge in [-0.15, -0.1) is 0 Å². The number of nitrogens with two attached hydrogens (primary N) is 1. The Morgan fingerprint density at radius 3 is 2.85 bits per heavy atom. The van der Waals surface area contributed by atoms with Gasteiger partial charge in [0.2, 0.25) is 10.0 Å². The third-order valence-electron chi connectivity index (χ3n) is 2.80. The van der Waals surface area contributed by atoms with E-state index in [9.17, 15) is 13.2 Å². The van der Waals surface area contributed by atoms with Crippen LogP contribution < -0.4 is 9.88 Å². The predicted molar refractivity (Wildman–Crippen MR) is 72.5 cm³/mol. The van der Waals surface area contributed by atoms with Gasteiger partial charge in [-0.05, 0) is 19.1 Å². The molecule has 108 valence electrons. The summed E-state index contributed by atoms with van der Waals surface area (Å²) >= 11 is 0. The van der Waals surface area contributed by atoms with Crippen LogP contribution in [0.5, 0.6) is 5.75 Å². The number of fused-ring (bicyclic) bond motifs is 1. The van der Waals surface area contributed by atoms with Gasteiger partial charge in [0, 0.05) is 17.6 Å². The molecule has 0 unspecified atom stereocenters. The Bertz CT molecular complexity index is 663. The van der Waals surface area contributed by atoms with E-state index in [1.807, 2.05) is 0 Å². The van der Waals surface area contributed by atoms with Gasteiger partial charge in [-0.1, -0.05) is 12.1 Å². The van der Waals surface area contributed by atoms with Crippen LogP contribution in [-0.2, 0) is 19.6 Å². The summed E-state index contributed by atoms with van der Waals surface area (Å²) in [6, 6.07) is 4.58. The molecular formula is C13H15NO5S. The fourth-order valence-corrected chi connectivity index (χ4v) is 2.64. The van der Waals surface area contributed by atoms with Crippen LogP contribution in [0.2, 0.25) is 0 Å². The average molecular weight is 297 g/mol. The SMILES string of the molecule is CCOC(=O)C1=Cc2cccc(S(N)(=O)=O)c2OCC1. The van der Waals surface area contributed by atoms with E-state index in [4.69, 9.17) is 14.6 Å². The zero-order chi connectivity index (χ0) is 14.8. The fourth-order valence-electron chi connectivity index (χ4n) is 1.93. The molecule has 1 aromatic carbocycles. The predicted octanol–water partition coefficient (Wildman–Crippen LogP) is 1.06. The smallest absolute Gasteiger partial charge is 0.334 e. The Kier molecular flexibility index (Phi) is 4.10. The van der Waals surface area contributed by atoms with Crippen LogP contribution in [-0.4, -0.2) is 27.6 Å². The molecule has 0 aliphatic carbocycles. The number of ether oxygens (including phenoxy) is 2. The van der Waals surface area contributed by atoms with Crippen LogP contribution in [0, 0.1) is 0 Å². The molecule has 0 fully saturated rings. The van der Waals surface area contributed by atoms with Crippen molar-refractivity contribution in [3.63, 3.8) is 0 Å². The number of benzene rings is 1. The number of para-hydroxylation sites is 1. The van der Waals surface area contributed by atoms with E-state index in [0.717, 1.165) is 0 Å². The number of carbonyl (C=O) groups is 1. The number of rotatable bonds is 3. The summed E-state index contributed by atoms with van der Waals surface area (Å²) < 4.78 is 33.4. The van der Waals surface area contributed by atoms with Crippen molar-refractivity contribution >= 4 is 22.1 Å². The standard InChI is InChI=1S/C13H15NO5S/c1-2-18-13(15)10-6-7-19-12-9(8-10)4-3-5-11(12)20(14,16)17/h3-5,8H,2,6-7H2,1H3,(H2,14,16,17). The zero-order valence-corrected chi connectivity index (χ0v) is 11.8. The molecule has 0 aromatic heterocycles. The topological polar surface area (TPSA) is 95.7 Å². The molecule has 0 radical (unpaired) electrons. The maximum Gasteiger partial charge on any atom is 0.334 e. The van der Waals surface area contributed by atoms with E-state index in [2.05, 4.69) is 0 Å². The first kappa shape index (κ1) is 14.5. The molecule has 7 heteroatoms. The normalized spacial score (nSPS) is 14.6. The largest absolute Gasteiger partial charge is 0.491 e. The van der Waals surface area contributed by atoms with E-state index in [1.165, 1.54) is 6.07 Å². The third kappa shape index (κ3) is 3.00. The minimum absolute atomic E-state index is 0.0867. The van der Waals surface area contributed by atoms with Gasteiger partial charge in [0.15, 0.2) is 0 Å². The lowest BCUT2D eigenvalue weighted by Crippen LogP contribution is -2.14. The van der Waals surface area contributed by atoms with Crippen LogP contribution in [0.25, 0.3) is 6.08 Å². The Labute approximate surface area is 117 Å². The molecule has 0 spiro atoms. The van der Waals surface area contributed by atoms with Gasteiger partial charge in [0.05, 0.1) is 13.2 Å². The average Bonchev–Trinajstić information content (AvgIpc) is 2.59. The highest BCUT2D eigenvalue weighted by Crippen LogP contribution is 2.32. The quantitative estimate of drug-likeness (QED) is 0.842. The highest BCUT2D eigenvalue weighted by molar-refractivity contribution is 7.89. The molecule has 6 nitrogen and oxygen atoms in total. The van der Waals surface area contributed by atoms with Gasteiger partial charge in [0.25, 0.3) is 0 Å². The summed E-state index contributed by atoms with van der Waals surface area (Å²) in [5.41, 5.74) is 0.939. The van der Waals surface area contributed by atoms with Crippen molar-refractivity contribution in [3.05, 3.63) is 29.3 Å². The minimum atomic E-state index is -3.88. The molecule has 2 rings (SSSR count). The molecule has 0 bridgehead atoms.